The van der Waals surface area contributed by atoms with Crippen molar-refractivity contribution in [2.24, 2.45) is 0 Å². The number of rotatable bonds is 7. The number of hydrogen-bond acceptors (Lipinski definition) is 3. The highest BCUT2D eigenvalue weighted by Gasteiger charge is 2.25. The third-order valence-corrected chi connectivity index (χ3v) is 3.60. The Morgan fingerprint density at radius 2 is 2.00 bits per heavy atom. The van der Waals surface area contributed by atoms with Gasteiger partial charge in [-0.05, 0) is 32.6 Å². The van der Waals surface area contributed by atoms with Crippen molar-refractivity contribution < 1.29 is 9.84 Å². The first-order chi connectivity index (χ1) is 7.71. The molecular weight excluding hydrogens is 202 g/mol. The maximum Gasteiger partial charge on any atom is 0.0706 e. The fourth-order valence-electron chi connectivity index (χ4n) is 2.64. The minimum Gasteiger partial charge on any atom is -0.395 e. The Kier molecular flexibility index (Phi) is 6.32. The number of nitrogens with zero attached hydrogens (tertiary/aromatic N) is 1. The quantitative estimate of drug-likeness (QED) is 0.725. The van der Waals surface area contributed by atoms with Crippen LogP contribution in [0.15, 0.2) is 0 Å². The van der Waals surface area contributed by atoms with Gasteiger partial charge in [0, 0.05) is 19.1 Å². The van der Waals surface area contributed by atoms with Crippen molar-refractivity contribution in [3.05, 3.63) is 0 Å². The lowest BCUT2D eigenvalue weighted by molar-refractivity contribution is 0.0158. The minimum absolute atomic E-state index is 0.249. The van der Waals surface area contributed by atoms with Crippen molar-refractivity contribution in [3.8, 4) is 0 Å². The van der Waals surface area contributed by atoms with Crippen LogP contribution < -0.4 is 0 Å². The highest BCUT2D eigenvalue weighted by molar-refractivity contribution is 4.77. The summed E-state index contributed by atoms with van der Waals surface area (Å²) < 4.78 is 5.85. The van der Waals surface area contributed by atoms with E-state index in [2.05, 4.69) is 25.7 Å². The predicted molar refractivity (Wildman–Crippen MR) is 66.6 cm³/mol. The minimum atomic E-state index is 0.249. The molecule has 0 aromatic rings. The second-order valence-electron chi connectivity index (χ2n) is 4.83. The van der Waals surface area contributed by atoms with Crippen molar-refractivity contribution in [1.82, 2.24) is 4.90 Å². The fraction of sp³-hybridized carbons (Fsp3) is 1.00. The zero-order chi connectivity index (χ0) is 12.0. The lowest BCUT2D eigenvalue weighted by atomic mass is 10.1. The summed E-state index contributed by atoms with van der Waals surface area (Å²) in [6.45, 7) is 8.59. The molecule has 0 radical (unpaired) electrons. The van der Waals surface area contributed by atoms with Crippen molar-refractivity contribution >= 4 is 0 Å². The van der Waals surface area contributed by atoms with E-state index in [1.165, 1.54) is 12.8 Å². The average Bonchev–Trinajstić information content (AvgIpc) is 2.66. The molecule has 96 valence electrons. The molecule has 0 aromatic carbocycles. The van der Waals surface area contributed by atoms with Crippen LogP contribution in [0, 0.1) is 0 Å². The lowest BCUT2D eigenvalue weighted by Crippen LogP contribution is -2.41. The Labute approximate surface area is 99.8 Å². The van der Waals surface area contributed by atoms with E-state index < -0.39 is 0 Å². The van der Waals surface area contributed by atoms with Gasteiger partial charge in [0.05, 0.1) is 18.8 Å². The maximum absolute atomic E-state index is 9.12. The molecule has 3 heteroatoms. The Morgan fingerprint density at radius 1 is 1.31 bits per heavy atom. The summed E-state index contributed by atoms with van der Waals surface area (Å²) in [6.07, 6.45) is 5.45. The van der Waals surface area contributed by atoms with Crippen molar-refractivity contribution in [3.63, 3.8) is 0 Å². The van der Waals surface area contributed by atoms with Crippen LogP contribution in [-0.4, -0.2) is 48.0 Å². The summed E-state index contributed by atoms with van der Waals surface area (Å²) in [5, 5.41) is 9.12. The highest BCUT2D eigenvalue weighted by atomic mass is 16.5. The third kappa shape index (κ3) is 4.04. The molecule has 3 nitrogen and oxygen atoms in total. The summed E-state index contributed by atoms with van der Waals surface area (Å²) in [6, 6.07) is 0.589. The summed E-state index contributed by atoms with van der Waals surface area (Å²) >= 11 is 0. The van der Waals surface area contributed by atoms with Crippen LogP contribution in [-0.2, 0) is 4.74 Å². The van der Waals surface area contributed by atoms with Crippen LogP contribution in [0.5, 0.6) is 0 Å². The normalized spacial score (nSPS) is 25.9. The molecule has 1 rings (SSSR count). The molecule has 1 aliphatic rings. The van der Waals surface area contributed by atoms with Gasteiger partial charge in [0.2, 0.25) is 0 Å². The molecule has 0 bridgehead atoms. The van der Waals surface area contributed by atoms with Crippen LogP contribution in [0.2, 0.25) is 0 Å². The number of hydrogen-bond donors (Lipinski definition) is 1. The third-order valence-electron chi connectivity index (χ3n) is 3.60. The van der Waals surface area contributed by atoms with Crippen molar-refractivity contribution in [1.29, 1.82) is 0 Å². The molecule has 0 aromatic heterocycles. The van der Waals surface area contributed by atoms with Gasteiger partial charge in [0.1, 0.15) is 0 Å². The van der Waals surface area contributed by atoms with Gasteiger partial charge in [-0.15, -0.1) is 0 Å². The second kappa shape index (κ2) is 7.25. The van der Waals surface area contributed by atoms with Crippen LogP contribution in [0.4, 0.5) is 0 Å². The molecule has 2 unspecified atom stereocenters. The van der Waals surface area contributed by atoms with Gasteiger partial charge in [-0.25, -0.2) is 0 Å². The van der Waals surface area contributed by atoms with Crippen LogP contribution in [0.1, 0.15) is 46.5 Å². The molecule has 16 heavy (non-hydrogen) atoms. The average molecular weight is 229 g/mol. The van der Waals surface area contributed by atoms with Crippen molar-refractivity contribution in [2.75, 3.05) is 19.7 Å². The van der Waals surface area contributed by atoms with E-state index in [4.69, 9.17) is 9.84 Å². The first-order valence-electron chi connectivity index (χ1n) is 6.71. The van der Waals surface area contributed by atoms with E-state index in [0.717, 1.165) is 25.9 Å². The molecule has 1 fully saturated rings. The lowest BCUT2D eigenvalue weighted by Gasteiger charge is -2.31. The Bertz CT molecular complexity index is 183. The maximum atomic E-state index is 9.12. The summed E-state index contributed by atoms with van der Waals surface area (Å²) in [5.41, 5.74) is 0. The van der Waals surface area contributed by atoms with Gasteiger partial charge < -0.3 is 9.84 Å². The molecule has 1 saturated heterocycles. The molecule has 0 aliphatic carbocycles. The standard InChI is InChI=1S/C13H27NO2/c1-4-12(5-2)14(8-9-15)10-13-7-6-11(3)16-13/h11-13,15H,4-10H2,1-3H3. The van der Waals surface area contributed by atoms with Gasteiger partial charge >= 0.3 is 0 Å². The largest absolute Gasteiger partial charge is 0.395 e. The number of aliphatic hydroxyl groups is 1. The zero-order valence-electron chi connectivity index (χ0n) is 11.0. The van der Waals surface area contributed by atoms with Gasteiger partial charge in [-0.2, -0.15) is 0 Å². The number of aliphatic hydroxyl groups excluding tert-OH is 1. The summed E-state index contributed by atoms with van der Waals surface area (Å²) in [5.74, 6) is 0. The van der Waals surface area contributed by atoms with Gasteiger partial charge in [-0.3, -0.25) is 4.90 Å². The molecule has 0 saturated carbocycles. The summed E-state index contributed by atoms with van der Waals surface area (Å²) in [7, 11) is 0. The van der Waals surface area contributed by atoms with Crippen molar-refractivity contribution in [2.45, 2.75) is 64.7 Å². The molecule has 2 atom stereocenters. The van der Waals surface area contributed by atoms with E-state index in [-0.39, 0.29) is 6.61 Å². The SMILES string of the molecule is CCC(CC)N(CCO)CC1CCC(C)O1. The first-order valence-corrected chi connectivity index (χ1v) is 6.71. The van der Waals surface area contributed by atoms with Gasteiger partial charge in [0.15, 0.2) is 0 Å². The van der Waals surface area contributed by atoms with Crippen LogP contribution >= 0.6 is 0 Å². The monoisotopic (exact) mass is 229 g/mol. The molecule has 0 spiro atoms. The fourth-order valence-corrected chi connectivity index (χ4v) is 2.64. The second-order valence-corrected chi connectivity index (χ2v) is 4.83. The Morgan fingerprint density at radius 3 is 2.44 bits per heavy atom. The van der Waals surface area contributed by atoms with Gasteiger partial charge in [0.25, 0.3) is 0 Å². The van der Waals surface area contributed by atoms with E-state index in [1.54, 1.807) is 0 Å². The van der Waals surface area contributed by atoms with Gasteiger partial charge in [-0.1, -0.05) is 13.8 Å². The van der Waals surface area contributed by atoms with E-state index in [1.807, 2.05) is 0 Å². The topological polar surface area (TPSA) is 32.7 Å². The molecule has 0 amide bonds. The first kappa shape index (κ1) is 13.9. The van der Waals surface area contributed by atoms with E-state index in [9.17, 15) is 0 Å². The van der Waals surface area contributed by atoms with Crippen LogP contribution in [0.3, 0.4) is 0 Å². The summed E-state index contributed by atoms with van der Waals surface area (Å²) in [4.78, 5) is 2.39. The predicted octanol–water partition coefficient (Wildman–Crippen LogP) is 2.04. The molecular formula is C13H27NO2. The van der Waals surface area contributed by atoms with E-state index in [0.29, 0.717) is 18.2 Å². The molecule has 1 N–H and O–H groups in total. The van der Waals surface area contributed by atoms with Crippen LogP contribution in [0.25, 0.3) is 0 Å². The smallest absolute Gasteiger partial charge is 0.0706 e. The Hall–Kier alpha value is -0.120. The Balaban J connectivity index is 2.43. The molecule has 1 aliphatic heterocycles. The molecule has 1 heterocycles. The highest BCUT2D eigenvalue weighted by Crippen LogP contribution is 2.21. The van der Waals surface area contributed by atoms with E-state index >= 15 is 0 Å². The zero-order valence-corrected chi connectivity index (χ0v) is 11.0. The number of ether oxygens (including phenoxy) is 1.